The average molecular weight is 415 g/mol. The highest BCUT2D eigenvalue weighted by atomic mass is 28.3. The van der Waals surface area contributed by atoms with Crippen LogP contribution in [0, 0.1) is 5.41 Å². The molecular formula is C25H38O3Si. The Bertz CT molecular complexity index is 768. The number of hydrogen-bond acceptors (Lipinski definition) is 3. The molecule has 0 fully saturated rings. The van der Waals surface area contributed by atoms with Crippen LogP contribution in [-0.4, -0.2) is 26.4 Å². The summed E-state index contributed by atoms with van der Waals surface area (Å²) < 4.78 is 5.29. The molecule has 0 amide bonds. The Labute approximate surface area is 178 Å². The van der Waals surface area contributed by atoms with E-state index < -0.39 is 8.07 Å². The highest BCUT2D eigenvalue weighted by Gasteiger charge is 2.30. The van der Waals surface area contributed by atoms with Crippen molar-refractivity contribution >= 4 is 19.8 Å². The summed E-state index contributed by atoms with van der Waals surface area (Å²) in [5.41, 5.74) is 3.98. The number of esters is 1. The number of ether oxygens (including phenoxy) is 1. The van der Waals surface area contributed by atoms with Gasteiger partial charge in [0.1, 0.15) is 0 Å². The van der Waals surface area contributed by atoms with E-state index in [0.717, 1.165) is 34.8 Å². The molecule has 0 atom stereocenters. The molecule has 1 rings (SSSR count). The summed E-state index contributed by atoms with van der Waals surface area (Å²) in [6, 6.07) is 0.980. The predicted octanol–water partition coefficient (Wildman–Crippen LogP) is 6.58. The minimum absolute atomic E-state index is 0.0276. The summed E-state index contributed by atoms with van der Waals surface area (Å²) in [6.07, 6.45) is 13.0. The Kier molecular flexibility index (Phi) is 9.28. The zero-order valence-electron chi connectivity index (χ0n) is 19.5. The standard InChI is InChI=1S/C25H38O3Si/c1-19(12-13-22-21(3)23(26)14-15-25(22,4)5)10-9-11-20(2)18-24(27)28-16-17-29(6,7)8/h9-13,18H,14-17H2,1-8H3/b11-9+,13-12+,19-10+,20-18+. The lowest BCUT2D eigenvalue weighted by molar-refractivity contribution is -0.137. The fourth-order valence-electron chi connectivity index (χ4n) is 3.11. The quantitative estimate of drug-likeness (QED) is 0.195. The largest absolute Gasteiger partial charge is 0.463 e. The lowest BCUT2D eigenvalue weighted by Crippen LogP contribution is -2.24. The number of carbonyl (C=O) groups is 2. The van der Waals surface area contributed by atoms with Crippen LogP contribution >= 0.6 is 0 Å². The summed E-state index contributed by atoms with van der Waals surface area (Å²) in [4.78, 5) is 23.9. The van der Waals surface area contributed by atoms with Gasteiger partial charge < -0.3 is 4.74 Å². The van der Waals surface area contributed by atoms with Crippen molar-refractivity contribution in [2.24, 2.45) is 5.41 Å². The Hall–Kier alpha value is -1.94. The summed E-state index contributed by atoms with van der Waals surface area (Å²) in [6.45, 7) is 17.5. The molecule has 0 spiro atoms. The van der Waals surface area contributed by atoms with Gasteiger partial charge in [-0.25, -0.2) is 4.79 Å². The minimum atomic E-state index is -1.18. The fraction of sp³-hybridized carbons (Fsp3) is 0.520. The fourth-order valence-corrected chi connectivity index (χ4v) is 3.83. The maximum absolute atomic E-state index is 12.0. The zero-order chi connectivity index (χ0) is 22.2. The van der Waals surface area contributed by atoms with Crippen LogP contribution in [0.4, 0.5) is 0 Å². The first kappa shape index (κ1) is 25.1. The van der Waals surface area contributed by atoms with Gasteiger partial charge in [0.05, 0.1) is 6.61 Å². The van der Waals surface area contributed by atoms with Crippen LogP contribution in [0.2, 0.25) is 25.7 Å². The van der Waals surface area contributed by atoms with E-state index in [2.05, 4.69) is 39.6 Å². The van der Waals surface area contributed by atoms with Gasteiger partial charge in [-0.3, -0.25) is 4.79 Å². The first-order valence-electron chi connectivity index (χ1n) is 10.4. The van der Waals surface area contributed by atoms with Gasteiger partial charge in [0.2, 0.25) is 0 Å². The van der Waals surface area contributed by atoms with Gasteiger partial charge >= 0.3 is 5.97 Å². The summed E-state index contributed by atoms with van der Waals surface area (Å²) in [5.74, 6) is -0.0272. The molecule has 0 saturated heterocycles. The molecule has 0 radical (unpaired) electrons. The molecule has 0 aromatic heterocycles. The molecule has 0 saturated carbocycles. The van der Waals surface area contributed by atoms with Gasteiger partial charge in [-0.2, -0.15) is 0 Å². The number of rotatable bonds is 8. The van der Waals surface area contributed by atoms with Gasteiger partial charge in [0.15, 0.2) is 5.78 Å². The van der Waals surface area contributed by atoms with Crippen molar-refractivity contribution in [2.75, 3.05) is 6.61 Å². The first-order chi connectivity index (χ1) is 13.3. The number of carbonyl (C=O) groups excluding carboxylic acids is 2. The second kappa shape index (κ2) is 10.7. The van der Waals surface area contributed by atoms with Crippen LogP contribution in [0.5, 0.6) is 0 Å². The van der Waals surface area contributed by atoms with Crippen LogP contribution in [-0.2, 0) is 14.3 Å². The first-order valence-corrected chi connectivity index (χ1v) is 14.2. The molecule has 0 aromatic rings. The van der Waals surface area contributed by atoms with E-state index in [9.17, 15) is 9.59 Å². The number of allylic oxidation sites excluding steroid dienone is 9. The molecule has 4 heteroatoms. The predicted molar refractivity (Wildman–Crippen MR) is 126 cm³/mol. The minimum Gasteiger partial charge on any atom is -0.463 e. The molecule has 29 heavy (non-hydrogen) atoms. The number of Topliss-reactive ketones (excluding diaryl/α,β-unsaturated/α-hetero) is 1. The molecule has 0 aromatic carbocycles. The Morgan fingerprint density at radius 3 is 2.41 bits per heavy atom. The Morgan fingerprint density at radius 1 is 1.14 bits per heavy atom. The van der Waals surface area contributed by atoms with E-state index >= 15 is 0 Å². The molecule has 0 aliphatic heterocycles. The Balaban J connectivity index is 2.68. The molecular weight excluding hydrogens is 376 g/mol. The molecule has 0 heterocycles. The third-order valence-electron chi connectivity index (χ3n) is 5.20. The monoisotopic (exact) mass is 414 g/mol. The van der Waals surface area contributed by atoms with E-state index in [1.54, 1.807) is 0 Å². The van der Waals surface area contributed by atoms with Crippen molar-refractivity contribution in [3.63, 3.8) is 0 Å². The zero-order valence-corrected chi connectivity index (χ0v) is 20.5. The van der Waals surface area contributed by atoms with Gasteiger partial charge in [-0.05, 0) is 55.4 Å². The van der Waals surface area contributed by atoms with Crippen molar-refractivity contribution in [3.05, 3.63) is 58.7 Å². The van der Waals surface area contributed by atoms with E-state index in [4.69, 9.17) is 4.74 Å². The third kappa shape index (κ3) is 9.40. The normalized spacial score (nSPS) is 18.8. The number of hydrogen-bond donors (Lipinski definition) is 0. The van der Waals surface area contributed by atoms with Gasteiger partial charge in [-0.1, -0.05) is 69.4 Å². The van der Waals surface area contributed by atoms with E-state index in [-0.39, 0.29) is 17.2 Å². The van der Waals surface area contributed by atoms with Gasteiger partial charge in [-0.15, -0.1) is 0 Å². The smallest absolute Gasteiger partial charge is 0.330 e. The van der Waals surface area contributed by atoms with Crippen molar-refractivity contribution < 1.29 is 14.3 Å². The van der Waals surface area contributed by atoms with Gasteiger partial charge in [0, 0.05) is 20.6 Å². The summed E-state index contributed by atoms with van der Waals surface area (Å²) in [5, 5.41) is 0. The topological polar surface area (TPSA) is 43.4 Å². The lowest BCUT2D eigenvalue weighted by Gasteiger charge is -2.32. The average Bonchev–Trinajstić information content (AvgIpc) is 2.57. The second-order valence-electron chi connectivity index (χ2n) is 9.82. The van der Waals surface area contributed by atoms with Crippen LogP contribution in [0.25, 0.3) is 0 Å². The summed E-state index contributed by atoms with van der Waals surface area (Å²) in [7, 11) is -1.18. The second-order valence-corrected chi connectivity index (χ2v) is 15.4. The van der Waals surface area contributed by atoms with Crippen molar-refractivity contribution in [1.29, 1.82) is 0 Å². The van der Waals surface area contributed by atoms with E-state index in [1.165, 1.54) is 6.08 Å². The maximum Gasteiger partial charge on any atom is 0.330 e. The van der Waals surface area contributed by atoms with Crippen molar-refractivity contribution in [3.8, 4) is 0 Å². The number of ketones is 1. The van der Waals surface area contributed by atoms with E-state index in [1.807, 2.05) is 45.1 Å². The van der Waals surface area contributed by atoms with Crippen LogP contribution in [0.1, 0.15) is 47.5 Å². The van der Waals surface area contributed by atoms with Crippen LogP contribution < -0.4 is 0 Å². The SMILES string of the molecule is CC1=C(/C=C/C(C)=C/C=C/C(C)=C/C(=O)OCC[Si](C)(C)C)C(C)(C)CCC1=O. The van der Waals surface area contributed by atoms with Gasteiger partial charge in [0.25, 0.3) is 0 Å². The lowest BCUT2D eigenvalue weighted by atomic mass is 9.72. The molecule has 3 nitrogen and oxygen atoms in total. The van der Waals surface area contributed by atoms with Crippen LogP contribution in [0.3, 0.4) is 0 Å². The Morgan fingerprint density at radius 2 is 1.79 bits per heavy atom. The molecule has 0 unspecified atom stereocenters. The van der Waals surface area contributed by atoms with Crippen LogP contribution in [0.15, 0.2) is 58.7 Å². The summed E-state index contributed by atoms with van der Waals surface area (Å²) >= 11 is 0. The third-order valence-corrected chi connectivity index (χ3v) is 6.91. The molecule has 160 valence electrons. The highest BCUT2D eigenvalue weighted by Crippen LogP contribution is 2.39. The molecule has 0 N–H and O–H groups in total. The highest BCUT2D eigenvalue weighted by molar-refractivity contribution is 6.76. The molecule has 1 aliphatic rings. The van der Waals surface area contributed by atoms with Crippen molar-refractivity contribution in [2.45, 2.75) is 73.1 Å². The maximum atomic E-state index is 12.0. The van der Waals surface area contributed by atoms with E-state index in [0.29, 0.717) is 13.0 Å². The molecule has 1 aliphatic carbocycles. The molecule has 0 bridgehead atoms. The van der Waals surface area contributed by atoms with Crippen molar-refractivity contribution in [1.82, 2.24) is 0 Å².